The largest absolute Gasteiger partial charge is 0.372 e. The Kier molecular flexibility index (Phi) is 2.44. The summed E-state index contributed by atoms with van der Waals surface area (Å²) in [5, 5.41) is 1.52. The first-order valence-electron chi connectivity index (χ1n) is 6.71. The molecule has 0 N–H and O–H groups in total. The van der Waals surface area contributed by atoms with Crippen LogP contribution < -0.4 is 0 Å². The van der Waals surface area contributed by atoms with Crippen molar-refractivity contribution >= 4 is 19.1 Å². The van der Waals surface area contributed by atoms with Crippen LogP contribution in [-0.2, 0) is 12.8 Å². The lowest BCUT2D eigenvalue weighted by molar-refractivity contribution is 0.671. The van der Waals surface area contributed by atoms with Crippen molar-refractivity contribution in [3.05, 3.63) is 35.5 Å². The maximum absolute atomic E-state index is 2.71. The number of para-hydroxylation sites is 1. The van der Waals surface area contributed by atoms with Gasteiger partial charge < -0.3 is 4.23 Å². The van der Waals surface area contributed by atoms with Crippen molar-refractivity contribution in [1.29, 1.82) is 0 Å². The lowest BCUT2D eigenvalue weighted by Crippen LogP contribution is -2.34. The van der Waals surface area contributed by atoms with Crippen LogP contribution in [0.15, 0.2) is 24.3 Å². The minimum absolute atomic E-state index is 1.29. The van der Waals surface area contributed by atoms with Gasteiger partial charge in [0.15, 0.2) is 8.24 Å². The Morgan fingerprint density at radius 3 is 2.47 bits per heavy atom. The summed E-state index contributed by atoms with van der Waals surface area (Å²) >= 11 is 0. The molecule has 1 aromatic carbocycles. The second kappa shape index (κ2) is 3.74. The molecule has 0 saturated carbocycles. The maximum atomic E-state index is 2.71. The smallest absolute Gasteiger partial charge is 0.153 e. The Hall–Kier alpha value is -1.02. The van der Waals surface area contributed by atoms with Crippen molar-refractivity contribution in [2.75, 3.05) is 0 Å². The van der Waals surface area contributed by atoms with E-state index >= 15 is 0 Å². The van der Waals surface area contributed by atoms with E-state index in [4.69, 9.17) is 0 Å². The van der Waals surface area contributed by atoms with Crippen molar-refractivity contribution in [2.24, 2.45) is 0 Å². The molecule has 1 aromatic heterocycles. The maximum Gasteiger partial charge on any atom is 0.153 e. The zero-order valence-electron chi connectivity index (χ0n) is 11.1. The van der Waals surface area contributed by atoms with Gasteiger partial charge in [-0.25, -0.2) is 0 Å². The molecule has 2 heteroatoms. The molecule has 3 rings (SSSR count). The second-order valence-electron chi connectivity index (χ2n) is 6.16. The zero-order valence-corrected chi connectivity index (χ0v) is 12.1. The van der Waals surface area contributed by atoms with Crippen LogP contribution in [0.3, 0.4) is 0 Å². The van der Waals surface area contributed by atoms with Gasteiger partial charge in [0.05, 0.1) is 0 Å². The van der Waals surface area contributed by atoms with E-state index in [1.54, 1.807) is 11.3 Å². The standard InChI is InChI=1S/C15H21NSi/c1-17(2,3)16-14-10-6-4-8-12(14)13-9-5-7-11-15(13)16/h4,6,8,10H,5,7,9,11H2,1-3H3. The van der Waals surface area contributed by atoms with E-state index in [1.165, 1.54) is 36.6 Å². The van der Waals surface area contributed by atoms with Gasteiger partial charge in [-0.2, -0.15) is 0 Å². The van der Waals surface area contributed by atoms with Gasteiger partial charge >= 0.3 is 0 Å². The minimum atomic E-state index is -1.31. The first kappa shape index (κ1) is 11.1. The lowest BCUT2D eigenvalue weighted by atomic mass is 9.96. The van der Waals surface area contributed by atoms with E-state index in [9.17, 15) is 0 Å². The van der Waals surface area contributed by atoms with Crippen molar-refractivity contribution in [2.45, 2.75) is 45.3 Å². The van der Waals surface area contributed by atoms with Crippen molar-refractivity contribution in [1.82, 2.24) is 4.23 Å². The van der Waals surface area contributed by atoms with E-state index in [0.717, 1.165) is 0 Å². The van der Waals surface area contributed by atoms with Gasteiger partial charge in [-0.05, 0) is 37.3 Å². The van der Waals surface area contributed by atoms with Gasteiger partial charge in [-0.15, -0.1) is 0 Å². The van der Waals surface area contributed by atoms with Gasteiger partial charge in [0.1, 0.15) is 0 Å². The highest BCUT2D eigenvalue weighted by atomic mass is 28.3. The average Bonchev–Trinajstić information content (AvgIpc) is 2.63. The summed E-state index contributed by atoms with van der Waals surface area (Å²) in [6.07, 6.45) is 5.31. The van der Waals surface area contributed by atoms with Crippen LogP contribution >= 0.6 is 0 Å². The molecular weight excluding hydrogens is 222 g/mol. The molecule has 0 unspecified atom stereocenters. The fraction of sp³-hybridized carbons (Fsp3) is 0.467. The summed E-state index contributed by atoms with van der Waals surface area (Å²) in [6.45, 7) is 7.36. The van der Waals surface area contributed by atoms with Gasteiger partial charge in [0, 0.05) is 16.6 Å². The van der Waals surface area contributed by atoms with Gasteiger partial charge in [0.2, 0.25) is 0 Å². The number of aryl methyl sites for hydroxylation is 1. The highest BCUT2D eigenvalue weighted by Crippen LogP contribution is 2.34. The van der Waals surface area contributed by atoms with Crippen LogP contribution in [0, 0.1) is 0 Å². The molecule has 1 nitrogen and oxygen atoms in total. The Morgan fingerprint density at radius 2 is 1.71 bits per heavy atom. The number of aromatic nitrogens is 1. The second-order valence-corrected chi connectivity index (χ2v) is 10.9. The number of hydrogen-bond acceptors (Lipinski definition) is 0. The Labute approximate surface area is 105 Å². The molecule has 2 aromatic rings. The molecule has 0 spiro atoms. The summed E-state index contributed by atoms with van der Waals surface area (Å²) < 4.78 is 2.71. The van der Waals surface area contributed by atoms with E-state index < -0.39 is 8.24 Å². The molecule has 90 valence electrons. The minimum Gasteiger partial charge on any atom is -0.372 e. The van der Waals surface area contributed by atoms with Crippen molar-refractivity contribution in [3.63, 3.8) is 0 Å². The van der Waals surface area contributed by atoms with Gasteiger partial charge in [-0.1, -0.05) is 37.8 Å². The van der Waals surface area contributed by atoms with Gasteiger partial charge in [-0.3, -0.25) is 0 Å². The lowest BCUT2D eigenvalue weighted by Gasteiger charge is -2.25. The van der Waals surface area contributed by atoms with E-state index in [2.05, 4.69) is 48.1 Å². The monoisotopic (exact) mass is 243 g/mol. The summed E-state index contributed by atoms with van der Waals surface area (Å²) in [4.78, 5) is 0. The third-order valence-electron chi connectivity index (χ3n) is 3.85. The first-order chi connectivity index (χ1) is 8.09. The molecule has 1 aliphatic carbocycles. The summed E-state index contributed by atoms with van der Waals surface area (Å²) in [5.41, 5.74) is 4.78. The van der Waals surface area contributed by atoms with Crippen LogP contribution in [0.25, 0.3) is 10.9 Å². The average molecular weight is 243 g/mol. The van der Waals surface area contributed by atoms with Crippen LogP contribution in [0.2, 0.25) is 19.6 Å². The normalized spacial score (nSPS) is 16.2. The molecule has 0 radical (unpaired) electrons. The molecular formula is C15H21NSi. The zero-order chi connectivity index (χ0) is 12.0. The highest BCUT2D eigenvalue weighted by Gasteiger charge is 2.26. The topological polar surface area (TPSA) is 4.93 Å². The fourth-order valence-corrected chi connectivity index (χ4v) is 5.24. The first-order valence-corrected chi connectivity index (χ1v) is 10.2. The molecule has 17 heavy (non-hydrogen) atoms. The SMILES string of the molecule is C[Si](C)(C)n1c2c(c3ccccc31)CCCC2. The Bertz CT molecular complexity index is 560. The Morgan fingerprint density at radius 1 is 1.00 bits per heavy atom. The summed E-state index contributed by atoms with van der Waals surface area (Å²) in [6, 6.07) is 9.00. The summed E-state index contributed by atoms with van der Waals surface area (Å²) in [7, 11) is -1.31. The number of fused-ring (bicyclic) bond motifs is 3. The van der Waals surface area contributed by atoms with Crippen LogP contribution in [0.1, 0.15) is 24.1 Å². The van der Waals surface area contributed by atoms with E-state index in [1.807, 2.05) is 0 Å². The quantitative estimate of drug-likeness (QED) is 0.661. The Balaban J connectivity index is 2.39. The molecule has 1 heterocycles. The highest BCUT2D eigenvalue weighted by molar-refractivity contribution is 6.75. The van der Waals surface area contributed by atoms with Crippen LogP contribution in [0.4, 0.5) is 0 Å². The van der Waals surface area contributed by atoms with E-state index in [-0.39, 0.29) is 0 Å². The molecule has 0 atom stereocenters. The van der Waals surface area contributed by atoms with Crippen LogP contribution in [-0.4, -0.2) is 12.5 Å². The van der Waals surface area contributed by atoms with Crippen LogP contribution in [0.5, 0.6) is 0 Å². The van der Waals surface area contributed by atoms with Gasteiger partial charge in [0.25, 0.3) is 0 Å². The number of hydrogen-bond donors (Lipinski definition) is 0. The predicted molar refractivity (Wildman–Crippen MR) is 77.3 cm³/mol. The molecule has 1 aliphatic rings. The molecule has 0 fully saturated rings. The number of benzene rings is 1. The number of rotatable bonds is 1. The summed E-state index contributed by atoms with van der Waals surface area (Å²) in [5.74, 6) is 0. The van der Waals surface area contributed by atoms with Crippen molar-refractivity contribution in [3.8, 4) is 0 Å². The predicted octanol–water partition coefficient (Wildman–Crippen LogP) is 4.20. The molecule has 0 saturated heterocycles. The van der Waals surface area contributed by atoms with Crippen molar-refractivity contribution < 1.29 is 0 Å². The number of nitrogens with zero attached hydrogens (tertiary/aromatic N) is 1. The third kappa shape index (κ3) is 1.66. The molecule has 0 amide bonds. The van der Waals surface area contributed by atoms with E-state index in [0.29, 0.717) is 0 Å². The fourth-order valence-electron chi connectivity index (χ4n) is 3.26. The third-order valence-corrected chi connectivity index (χ3v) is 5.70. The molecule has 0 aliphatic heterocycles. The molecule has 0 bridgehead atoms.